The molecule has 0 aromatic carbocycles. The van der Waals surface area contributed by atoms with Crippen molar-refractivity contribution < 1.29 is 19.7 Å². The second-order valence-electron chi connectivity index (χ2n) is 12.7. The third-order valence-electron chi connectivity index (χ3n) is 11.5. The van der Waals surface area contributed by atoms with E-state index >= 15 is 0 Å². The molecule has 5 fully saturated rings. The summed E-state index contributed by atoms with van der Waals surface area (Å²) in [4.78, 5) is 0. The number of aliphatic hydroxyl groups is 2. The van der Waals surface area contributed by atoms with Crippen molar-refractivity contribution in [2.45, 2.75) is 103 Å². The highest BCUT2D eigenvalue weighted by Crippen LogP contribution is 2.70. The first kappa shape index (κ1) is 21.1. The van der Waals surface area contributed by atoms with Gasteiger partial charge in [0.15, 0.2) is 5.79 Å². The number of fused-ring (bicyclic) bond motifs is 7. The van der Waals surface area contributed by atoms with Gasteiger partial charge in [0.25, 0.3) is 0 Å². The monoisotopic (exact) mass is 430 g/mol. The molecule has 2 saturated heterocycles. The summed E-state index contributed by atoms with van der Waals surface area (Å²) >= 11 is 0. The van der Waals surface area contributed by atoms with Gasteiger partial charge in [0.2, 0.25) is 0 Å². The Labute approximate surface area is 187 Å². The van der Waals surface area contributed by atoms with Crippen LogP contribution in [0.25, 0.3) is 0 Å². The Morgan fingerprint density at radius 2 is 1.84 bits per heavy atom. The van der Waals surface area contributed by atoms with Crippen molar-refractivity contribution in [1.29, 1.82) is 0 Å². The zero-order valence-corrected chi connectivity index (χ0v) is 19.8. The highest BCUT2D eigenvalue weighted by molar-refractivity contribution is 5.27. The van der Waals surface area contributed by atoms with Crippen LogP contribution >= 0.6 is 0 Å². The number of allylic oxidation sites excluding steroid dienone is 1. The van der Waals surface area contributed by atoms with Gasteiger partial charge >= 0.3 is 0 Å². The molecule has 0 radical (unpaired) electrons. The zero-order chi connectivity index (χ0) is 21.8. The summed E-state index contributed by atoms with van der Waals surface area (Å²) < 4.78 is 13.2. The molecule has 12 atom stereocenters. The number of hydrogen-bond acceptors (Lipinski definition) is 4. The number of aliphatic hydroxyl groups excluding tert-OH is 2. The van der Waals surface area contributed by atoms with E-state index in [9.17, 15) is 10.2 Å². The van der Waals surface area contributed by atoms with Crippen LogP contribution in [-0.2, 0) is 9.47 Å². The fraction of sp³-hybridized carbons (Fsp3) is 0.926. The first-order valence-corrected chi connectivity index (χ1v) is 13.1. The standard InChI is InChI=1S/C27H42O4/c1-15-7-10-27(30-14-15)16(2)24-22(31-27)12-21-19-6-5-17-11-18(28)8-9-25(17,3)20(19)13-23(29)26(21,24)4/h5,15-16,18-24,28-29H,6-14H2,1-4H3/t15?,16?,18?,19?,20?,21?,22?,23?,24?,25-,26+,27?/m0/s1. The minimum Gasteiger partial charge on any atom is -0.393 e. The molecule has 31 heavy (non-hydrogen) atoms. The molecular weight excluding hydrogens is 388 g/mol. The molecule has 2 aliphatic heterocycles. The average molecular weight is 431 g/mol. The molecule has 10 unspecified atom stereocenters. The molecule has 1 spiro atoms. The molecule has 2 N–H and O–H groups in total. The van der Waals surface area contributed by atoms with E-state index in [2.05, 4.69) is 33.8 Å². The van der Waals surface area contributed by atoms with E-state index in [1.165, 1.54) is 12.0 Å². The summed E-state index contributed by atoms with van der Waals surface area (Å²) in [6.45, 7) is 10.2. The normalized spacial score (nSPS) is 60.7. The van der Waals surface area contributed by atoms with Gasteiger partial charge in [-0.25, -0.2) is 0 Å². The molecule has 0 amide bonds. The maximum absolute atomic E-state index is 11.8. The lowest BCUT2D eigenvalue weighted by Gasteiger charge is -2.60. The van der Waals surface area contributed by atoms with Crippen molar-refractivity contribution in [3.63, 3.8) is 0 Å². The van der Waals surface area contributed by atoms with Crippen molar-refractivity contribution in [3.8, 4) is 0 Å². The van der Waals surface area contributed by atoms with Crippen LogP contribution in [0, 0.1) is 46.3 Å². The van der Waals surface area contributed by atoms with Crippen molar-refractivity contribution in [3.05, 3.63) is 11.6 Å². The minimum absolute atomic E-state index is 0.0863. The van der Waals surface area contributed by atoms with Crippen LogP contribution in [0.3, 0.4) is 0 Å². The fourth-order valence-electron chi connectivity index (χ4n) is 9.61. The summed E-state index contributed by atoms with van der Waals surface area (Å²) in [5.74, 6) is 2.58. The van der Waals surface area contributed by atoms with Gasteiger partial charge < -0.3 is 19.7 Å². The summed E-state index contributed by atoms with van der Waals surface area (Å²) in [6.07, 6.45) is 10.3. The van der Waals surface area contributed by atoms with E-state index in [4.69, 9.17) is 9.47 Å². The Morgan fingerprint density at radius 3 is 2.58 bits per heavy atom. The second-order valence-corrected chi connectivity index (χ2v) is 12.7. The van der Waals surface area contributed by atoms with Crippen LogP contribution in [0.2, 0.25) is 0 Å². The van der Waals surface area contributed by atoms with Gasteiger partial charge in [-0.15, -0.1) is 0 Å². The fourth-order valence-corrected chi connectivity index (χ4v) is 9.61. The van der Waals surface area contributed by atoms with E-state index in [-0.39, 0.29) is 29.1 Å². The molecule has 0 aromatic rings. The minimum atomic E-state index is -0.419. The highest BCUT2D eigenvalue weighted by Gasteiger charge is 2.71. The van der Waals surface area contributed by atoms with Crippen LogP contribution in [0.5, 0.6) is 0 Å². The van der Waals surface area contributed by atoms with Crippen molar-refractivity contribution in [2.24, 2.45) is 46.3 Å². The van der Waals surface area contributed by atoms with Crippen LogP contribution in [-0.4, -0.2) is 40.9 Å². The first-order valence-electron chi connectivity index (χ1n) is 13.1. The summed E-state index contributed by atoms with van der Waals surface area (Å²) in [5.41, 5.74) is 1.53. The lowest BCUT2D eigenvalue weighted by atomic mass is 9.46. The van der Waals surface area contributed by atoms with Gasteiger partial charge in [-0.1, -0.05) is 39.3 Å². The Hall–Kier alpha value is -0.420. The van der Waals surface area contributed by atoms with Gasteiger partial charge in [0.05, 0.1) is 24.9 Å². The quantitative estimate of drug-likeness (QED) is 0.548. The molecule has 4 heteroatoms. The third kappa shape index (κ3) is 2.68. The number of rotatable bonds is 0. The Morgan fingerprint density at radius 1 is 1.03 bits per heavy atom. The van der Waals surface area contributed by atoms with Gasteiger partial charge in [-0.05, 0) is 74.0 Å². The molecule has 174 valence electrons. The molecule has 2 heterocycles. The summed E-state index contributed by atoms with van der Waals surface area (Å²) in [7, 11) is 0. The average Bonchev–Trinajstić information content (AvgIpc) is 3.18. The van der Waals surface area contributed by atoms with E-state index in [0.717, 1.165) is 51.6 Å². The lowest BCUT2D eigenvalue weighted by molar-refractivity contribution is -0.273. The van der Waals surface area contributed by atoms with Crippen LogP contribution in [0.15, 0.2) is 11.6 Å². The van der Waals surface area contributed by atoms with Gasteiger partial charge in [0.1, 0.15) is 0 Å². The third-order valence-corrected chi connectivity index (χ3v) is 11.5. The lowest BCUT2D eigenvalue weighted by Crippen LogP contribution is -2.57. The van der Waals surface area contributed by atoms with Crippen LogP contribution in [0.1, 0.15) is 79.1 Å². The van der Waals surface area contributed by atoms with Crippen LogP contribution < -0.4 is 0 Å². The smallest absolute Gasteiger partial charge is 0.171 e. The highest BCUT2D eigenvalue weighted by atomic mass is 16.7. The molecule has 4 aliphatic carbocycles. The van der Waals surface area contributed by atoms with E-state index in [0.29, 0.717) is 35.5 Å². The molecular formula is C27H42O4. The van der Waals surface area contributed by atoms with Crippen molar-refractivity contribution in [2.75, 3.05) is 6.61 Å². The molecule has 6 rings (SSSR count). The SMILES string of the molecule is CC1CCC2(OC1)OC1CC3C4CC=C5CC(O)CC[C@]5(C)C4CC(O)[C@]3(C)C1C2C. The predicted octanol–water partition coefficient (Wildman–Crippen LogP) is 4.68. The molecule has 4 nitrogen and oxygen atoms in total. The maximum Gasteiger partial charge on any atom is 0.171 e. The van der Waals surface area contributed by atoms with Gasteiger partial charge in [0, 0.05) is 23.7 Å². The van der Waals surface area contributed by atoms with E-state index in [1.807, 2.05) is 0 Å². The van der Waals surface area contributed by atoms with Crippen LogP contribution in [0.4, 0.5) is 0 Å². The molecule has 0 bridgehead atoms. The van der Waals surface area contributed by atoms with E-state index in [1.54, 1.807) is 0 Å². The largest absolute Gasteiger partial charge is 0.393 e. The number of ether oxygens (including phenoxy) is 2. The van der Waals surface area contributed by atoms with Gasteiger partial charge in [-0.3, -0.25) is 0 Å². The van der Waals surface area contributed by atoms with E-state index < -0.39 is 5.79 Å². The Kier molecular flexibility index (Phi) is 4.64. The molecule has 0 aromatic heterocycles. The topological polar surface area (TPSA) is 58.9 Å². The Bertz CT molecular complexity index is 769. The molecule has 6 aliphatic rings. The second kappa shape index (κ2) is 6.81. The van der Waals surface area contributed by atoms with Crippen molar-refractivity contribution >= 4 is 0 Å². The summed E-state index contributed by atoms with van der Waals surface area (Å²) in [5, 5.41) is 22.0. The first-order chi connectivity index (χ1) is 14.7. The maximum atomic E-state index is 11.8. The Balaban J connectivity index is 1.32. The molecule has 3 saturated carbocycles. The summed E-state index contributed by atoms with van der Waals surface area (Å²) in [6, 6.07) is 0. The van der Waals surface area contributed by atoms with Crippen molar-refractivity contribution in [1.82, 2.24) is 0 Å². The zero-order valence-electron chi connectivity index (χ0n) is 19.8. The number of hydrogen-bond donors (Lipinski definition) is 2. The predicted molar refractivity (Wildman–Crippen MR) is 119 cm³/mol. The van der Waals surface area contributed by atoms with Gasteiger partial charge in [-0.2, -0.15) is 0 Å².